The maximum atomic E-state index is 13.2. The van der Waals surface area contributed by atoms with Gasteiger partial charge in [0.1, 0.15) is 5.82 Å². The van der Waals surface area contributed by atoms with Crippen LogP contribution in [0.2, 0.25) is 0 Å². The molecule has 0 aromatic heterocycles. The number of nitrogens with two attached hydrogens (primary N) is 1. The van der Waals surface area contributed by atoms with Gasteiger partial charge in [-0.25, -0.2) is 9.18 Å². The number of benzene rings is 1. The number of halogens is 1. The second-order valence-electron chi connectivity index (χ2n) is 5.12. The first-order chi connectivity index (χ1) is 9.02. The summed E-state index contributed by atoms with van der Waals surface area (Å²) in [5.41, 5.74) is 7.11. The highest BCUT2D eigenvalue weighted by Gasteiger charge is 2.32. The lowest BCUT2D eigenvalue weighted by Crippen LogP contribution is -2.44. The maximum absolute atomic E-state index is 13.2. The van der Waals surface area contributed by atoms with E-state index < -0.39 is 6.03 Å². The topological polar surface area (TPSA) is 66.6 Å². The Kier molecular flexibility index (Phi) is 4.04. The second kappa shape index (κ2) is 5.57. The van der Waals surface area contributed by atoms with Gasteiger partial charge in [-0.05, 0) is 48.9 Å². The molecule has 2 amide bonds. The molecule has 1 heterocycles. The van der Waals surface area contributed by atoms with Crippen molar-refractivity contribution in [2.75, 3.05) is 13.2 Å². The first-order valence-corrected chi connectivity index (χ1v) is 6.46. The zero-order valence-electron chi connectivity index (χ0n) is 11.0. The first-order valence-electron chi connectivity index (χ1n) is 6.46. The Morgan fingerprint density at radius 1 is 1.58 bits per heavy atom. The Labute approximate surface area is 112 Å². The van der Waals surface area contributed by atoms with Crippen LogP contribution >= 0.6 is 0 Å². The zero-order valence-corrected chi connectivity index (χ0v) is 11.0. The van der Waals surface area contributed by atoms with E-state index in [4.69, 9.17) is 5.73 Å². The molecule has 0 spiro atoms. The van der Waals surface area contributed by atoms with Crippen LogP contribution in [0.5, 0.6) is 0 Å². The number of carbonyl (C=O) groups excluding carboxylic acids is 1. The van der Waals surface area contributed by atoms with E-state index in [1.54, 1.807) is 11.0 Å². The van der Waals surface area contributed by atoms with Gasteiger partial charge >= 0.3 is 6.03 Å². The lowest BCUT2D eigenvalue weighted by Gasteiger charge is -2.39. The molecule has 1 fully saturated rings. The van der Waals surface area contributed by atoms with Gasteiger partial charge in [0.2, 0.25) is 0 Å². The van der Waals surface area contributed by atoms with Gasteiger partial charge in [0, 0.05) is 13.2 Å². The predicted molar refractivity (Wildman–Crippen MR) is 70.0 cm³/mol. The predicted octanol–water partition coefficient (Wildman–Crippen LogP) is 1.96. The average molecular weight is 266 g/mol. The summed E-state index contributed by atoms with van der Waals surface area (Å²) in [6, 6.07) is 3.90. The number of likely N-dealkylation sites (tertiary alicyclic amines) is 1. The molecule has 2 atom stereocenters. The van der Waals surface area contributed by atoms with E-state index in [1.807, 2.05) is 6.92 Å². The van der Waals surface area contributed by atoms with Gasteiger partial charge in [0.25, 0.3) is 0 Å². The van der Waals surface area contributed by atoms with Crippen molar-refractivity contribution in [1.29, 1.82) is 0 Å². The number of hydrogen-bond acceptors (Lipinski definition) is 2. The molecule has 1 aromatic rings. The number of carbonyl (C=O) groups is 1. The summed E-state index contributed by atoms with van der Waals surface area (Å²) in [7, 11) is 0. The molecule has 0 saturated carbocycles. The molecular formula is C14H19FN2O2. The SMILES string of the molecule is Cc1cc(F)ccc1C1CC(CO)CCN1C(N)=O. The van der Waals surface area contributed by atoms with Crippen molar-refractivity contribution in [3.63, 3.8) is 0 Å². The van der Waals surface area contributed by atoms with E-state index in [0.717, 1.165) is 17.5 Å². The minimum absolute atomic E-state index is 0.101. The first kappa shape index (κ1) is 13.8. The fourth-order valence-corrected chi connectivity index (χ4v) is 2.78. The number of nitrogens with zero attached hydrogens (tertiary/aromatic N) is 1. The summed E-state index contributed by atoms with van der Waals surface area (Å²) >= 11 is 0. The van der Waals surface area contributed by atoms with Crippen LogP contribution < -0.4 is 5.73 Å². The molecule has 0 radical (unpaired) electrons. The van der Waals surface area contributed by atoms with Crippen molar-refractivity contribution < 1.29 is 14.3 Å². The standard InChI is InChI=1S/C14H19FN2O2/c1-9-6-11(15)2-3-12(9)13-7-10(8-18)4-5-17(13)14(16)19/h2-3,6,10,13,18H,4-5,7-8H2,1H3,(H2,16,19). The van der Waals surface area contributed by atoms with E-state index in [0.29, 0.717) is 13.0 Å². The normalized spacial score (nSPS) is 23.4. The fourth-order valence-electron chi connectivity index (χ4n) is 2.78. The average Bonchev–Trinajstić information content (AvgIpc) is 2.38. The Hall–Kier alpha value is -1.62. The zero-order chi connectivity index (χ0) is 14.0. The van der Waals surface area contributed by atoms with Crippen LogP contribution in [0.3, 0.4) is 0 Å². The summed E-state index contributed by atoms with van der Waals surface area (Å²) in [6.07, 6.45) is 1.40. The smallest absolute Gasteiger partial charge is 0.315 e. The van der Waals surface area contributed by atoms with E-state index in [9.17, 15) is 14.3 Å². The molecule has 1 aromatic carbocycles. The molecule has 2 unspecified atom stereocenters. The molecule has 1 saturated heterocycles. The highest BCUT2D eigenvalue weighted by Crippen LogP contribution is 2.35. The van der Waals surface area contributed by atoms with Crippen LogP contribution in [0, 0.1) is 18.7 Å². The molecule has 0 aliphatic carbocycles. The molecule has 104 valence electrons. The minimum Gasteiger partial charge on any atom is -0.396 e. The van der Waals surface area contributed by atoms with Gasteiger partial charge in [-0.3, -0.25) is 0 Å². The van der Waals surface area contributed by atoms with Crippen LogP contribution in [0.15, 0.2) is 18.2 Å². The van der Waals surface area contributed by atoms with Crippen molar-refractivity contribution in [2.45, 2.75) is 25.8 Å². The summed E-state index contributed by atoms with van der Waals surface area (Å²) in [5, 5.41) is 9.30. The van der Waals surface area contributed by atoms with Crippen molar-refractivity contribution in [2.24, 2.45) is 11.7 Å². The third-order valence-corrected chi connectivity index (χ3v) is 3.84. The molecule has 0 bridgehead atoms. The lowest BCUT2D eigenvalue weighted by molar-refractivity contribution is 0.102. The van der Waals surface area contributed by atoms with Crippen LogP contribution in [-0.2, 0) is 0 Å². The van der Waals surface area contributed by atoms with Crippen LogP contribution in [0.1, 0.15) is 30.0 Å². The monoisotopic (exact) mass is 266 g/mol. The van der Waals surface area contributed by atoms with E-state index >= 15 is 0 Å². The Morgan fingerprint density at radius 2 is 2.32 bits per heavy atom. The van der Waals surface area contributed by atoms with Crippen molar-refractivity contribution in [3.8, 4) is 0 Å². The van der Waals surface area contributed by atoms with E-state index in [2.05, 4.69) is 0 Å². The van der Waals surface area contributed by atoms with Gasteiger partial charge < -0.3 is 15.7 Å². The Morgan fingerprint density at radius 3 is 2.89 bits per heavy atom. The van der Waals surface area contributed by atoms with Crippen molar-refractivity contribution in [1.82, 2.24) is 4.90 Å². The molecule has 2 rings (SSSR count). The van der Waals surface area contributed by atoms with Gasteiger partial charge in [-0.15, -0.1) is 0 Å². The van der Waals surface area contributed by atoms with E-state index in [-0.39, 0.29) is 24.4 Å². The summed E-state index contributed by atoms with van der Waals surface area (Å²) in [5.74, 6) is -0.133. The number of aliphatic hydroxyl groups excluding tert-OH is 1. The third kappa shape index (κ3) is 2.87. The van der Waals surface area contributed by atoms with Gasteiger partial charge in [0.15, 0.2) is 0 Å². The Bertz CT molecular complexity index is 479. The molecular weight excluding hydrogens is 247 g/mol. The quantitative estimate of drug-likeness (QED) is 0.859. The Balaban J connectivity index is 2.33. The number of rotatable bonds is 2. The number of aryl methyl sites for hydroxylation is 1. The van der Waals surface area contributed by atoms with Gasteiger partial charge in [-0.1, -0.05) is 6.07 Å². The minimum atomic E-state index is -0.467. The summed E-state index contributed by atoms with van der Waals surface area (Å²) in [4.78, 5) is 13.1. The number of urea groups is 1. The van der Waals surface area contributed by atoms with Crippen molar-refractivity contribution >= 4 is 6.03 Å². The second-order valence-corrected chi connectivity index (χ2v) is 5.12. The maximum Gasteiger partial charge on any atom is 0.315 e. The molecule has 5 heteroatoms. The third-order valence-electron chi connectivity index (χ3n) is 3.84. The van der Waals surface area contributed by atoms with Crippen molar-refractivity contribution in [3.05, 3.63) is 35.1 Å². The molecule has 3 N–H and O–H groups in total. The van der Waals surface area contributed by atoms with Gasteiger partial charge in [-0.2, -0.15) is 0 Å². The van der Waals surface area contributed by atoms with Crippen LogP contribution in [0.25, 0.3) is 0 Å². The number of hydrogen-bond donors (Lipinski definition) is 2. The highest BCUT2D eigenvalue weighted by atomic mass is 19.1. The molecule has 1 aliphatic rings. The number of aliphatic hydroxyl groups is 1. The van der Waals surface area contributed by atoms with Gasteiger partial charge in [0.05, 0.1) is 6.04 Å². The highest BCUT2D eigenvalue weighted by molar-refractivity contribution is 5.72. The molecule has 1 aliphatic heterocycles. The molecule has 4 nitrogen and oxygen atoms in total. The number of piperidine rings is 1. The van der Waals surface area contributed by atoms with Crippen LogP contribution in [0.4, 0.5) is 9.18 Å². The number of amides is 2. The van der Waals surface area contributed by atoms with E-state index in [1.165, 1.54) is 12.1 Å². The van der Waals surface area contributed by atoms with Crippen LogP contribution in [-0.4, -0.2) is 29.2 Å². The number of primary amides is 1. The summed E-state index contributed by atoms with van der Waals surface area (Å²) in [6.45, 7) is 2.45. The largest absolute Gasteiger partial charge is 0.396 e. The fraction of sp³-hybridized carbons (Fsp3) is 0.500. The molecule has 19 heavy (non-hydrogen) atoms. The lowest BCUT2D eigenvalue weighted by atomic mass is 9.86. The summed E-state index contributed by atoms with van der Waals surface area (Å²) < 4.78 is 13.2.